The Morgan fingerprint density at radius 3 is 2.56 bits per heavy atom. The molecule has 1 rings (SSSR count). The molecule has 2 amide bonds. The predicted octanol–water partition coefficient (Wildman–Crippen LogP) is 0.509. The van der Waals surface area contributed by atoms with E-state index >= 15 is 0 Å². The second-order valence-corrected chi connectivity index (χ2v) is 5.25. The molecule has 6 heteroatoms. The van der Waals surface area contributed by atoms with Crippen molar-refractivity contribution in [1.29, 1.82) is 0 Å². The number of nitrogens with zero attached hydrogens (tertiary/aromatic N) is 1. The first kappa shape index (κ1) is 14.8. The maximum atomic E-state index is 11.9. The Morgan fingerprint density at radius 1 is 1.44 bits per heavy atom. The first-order valence-electron chi connectivity index (χ1n) is 6.33. The molecule has 3 N–H and O–H groups in total. The van der Waals surface area contributed by atoms with E-state index in [9.17, 15) is 9.59 Å². The summed E-state index contributed by atoms with van der Waals surface area (Å²) in [6, 6.07) is -1.19. The number of carboxylic acids is 1. The quantitative estimate of drug-likeness (QED) is 0.670. The van der Waals surface area contributed by atoms with Gasteiger partial charge in [0.25, 0.3) is 0 Å². The molecule has 6 nitrogen and oxygen atoms in total. The van der Waals surface area contributed by atoms with Crippen molar-refractivity contribution in [2.75, 3.05) is 19.7 Å². The summed E-state index contributed by atoms with van der Waals surface area (Å²) in [6.45, 7) is 4.97. The van der Waals surface area contributed by atoms with E-state index in [0.29, 0.717) is 19.5 Å². The second-order valence-electron chi connectivity index (χ2n) is 5.25. The molecular formula is C12H22N2O4. The Balaban J connectivity index is 2.49. The highest BCUT2D eigenvalue weighted by Gasteiger charge is 2.29. The van der Waals surface area contributed by atoms with Crippen LogP contribution in [0.25, 0.3) is 0 Å². The minimum absolute atomic E-state index is 0.0676. The third-order valence-electron chi connectivity index (χ3n) is 3.13. The Hall–Kier alpha value is -1.30. The predicted molar refractivity (Wildman–Crippen MR) is 66.2 cm³/mol. The average Bonchev–Trinajstić information content (AvgIpc) is 2.75. The number of carboxylic acid groups (broad SMARTS) is 1. The van der Waals surface area contributed by atoms with E-state index in [-0.39, 0.29) is 24.5 Å². The molecular weight excluding hydrogens is 236 g/mol. The van der Waals surface area contributed by atoms with Crippen LogP contribution in [0, 0.1) is 11.8 Å². The first-order chi connectivity index (χ1) is 8.43. The van der Waals surface area contributed by atoms with Gasteiger partial charge >= 0.3 is 12.0 Å². The minimum Gasteiger partial charge on any atom is -0.480 e. The topological polar surface area (TPSA) is 89.9 Å². The number of aliphatic hydroxyl groups excluding tert-OH is 1. The van der Waals surface area contributed by atoms with Crippen LogP contribution in [-0.4, -0.2) is 52.9 Å². The molecule has 0 aromatic heterocycles. The van der Waals surface area contributed by atoms with Crippen molar-refractivity contribution >= 4 is 12.0 Å². The Bertz CT molecular complexity index is 306. The monoisotopic (exact) mass is 258 g/mol. The molecule has 1 aliphatic rings. The van der Waals surface area contributed by atoms with E-state index in [0.717, 1.165) is 6.42 Å². The van der Waals surface area contributed by atoms with Gasteiger partial charge in [-0.25, -0.2) is 9.59 Å². The lowest BCUT2D eigenvalue weighted by molar-refractivity contribution is -0.139. The van der Waals surface area contributed by atoms with E-state index in [1.807, 2.05) is 13.8 Å². The zero-order chi connectivity index (χ0) is 13.7. The number of hydrogen-bond acceptors (Lipinski definition) is 3. The number of urea groups is 1. The van der Waals surface area contributed by atoms with Crippen LogP contribution in [0.5, 0.6) is 0 Å². The number of amides is 2. The van der Waals surface area contributed by atoms with Crippen LogP contribution in [-0.2, 0) is 4.79 Å². The normalized spacial score (nSPS) is 21.1. The second kappa shape index (κ2) is 6.58. The molecule has 1 saturated heterocycles. The molecule has 0 aromatic rings. The molecule has 0 spiro atoms. The van der Waals surface area contributed by atoms with E-state index in [1.54, 1.807) is 4.90 Å². The van der Waals surface area contributed by atoms with E-state index in [1.165, 1.54) is 0 Å². The molecule has 2 atom stereocenters. The standard InChI is InChI=1S/C12H22N2O4/c1-8(2)5-10(11(16)17)13-12(18)14-4-3-9(6-14)7-15/h8-10,15H,3-7H2,1-2H3,(H,13,18)(H,16,17)/t9?,10-/m1/s1. The number of rotatable bonds is 5. The summed E-state index contributed by atoms with van der Waals surface area (Å²) in [5.74, 6) is -0.686. The summed E-state index contributed by atoms with van der Waals surface area (Å²) in [5, 5.41) is 20.6. The number of nitrogens with one attached hydrogen (secondary N) is 1. The van der Waals surface area contributed by atoms with Crippen LogP contribution in [0.3, 0.4) is 0 Å². The minimum atomic E-state index is -1.00. The van der Waals surface area contributed by atoms with Crippen LogP contribution in [0.2, 0.25) is 0 Å². The van der Waals surface area contributed by atoms with Crippen molar-refractivity contribution in [3.05, 3.63) is 0 Å². The van der Waals surface area contributed by atoms with Crippen molar-refractivity contribution in [2.45, 2.75) is 32.7 Å². The number of carbonyl (C=O) groups is 2. The van der Waals surface area contributed by atoms with Crippen molar-refractivity contribution in [3.63, 3.8) is 0 Å². The molecule has 0 aromatic carbocycles. The zero-order valence-corrected chi connectivity index (χ0v) is 10.9. The lowest BCUT2D eigenvalue weighted by atomic mass is 10.0. The maximum absolute atomic E-state index is 11.9. The van der Waals surface area contributed by atoms with Crippen LogP contribution in [0.1, 0.15) is 26.7 Å². The van der Waals surface area contributed by atoms with Gasteiger partial charge in [0.15, 0.2) is 0 Å². The molecule has 1 fully saturated rings. The van der Waals surface area contributed by atoms with Gasteiger partial charge in [0.2, 0.25) is 0 Å². The molecule has 1 unspecified atom stereocenters. The number of hydrogen-bond donors (Lipinski definition) is 3. The highest BCUT2D eigenvalue weighted by atomic mass is 16.4. The summed E-state index contributed by atoms with van der Waals surface area (Å²) >= 11 is 0. The van der Waals surface area contributed by atoms with Gasteiger partial charge in [-0.15, -0.1) is 0 Å². The molecule has 18 heavy (non-hydrogen) atoms. The number of carbonyl (C=O) groups excluding carboxylic acids is 1. The van der Waals surface area contributed by atoms with Crippen LogP contribution >= 0.6 is 0 Å². The van der Waals surface area contributed by atoms with Crippen molar-refractivity contribution in [1.82, 2.24) is 10.2 Å². The number of likely N-dealkylation sites (tertiary alicyclic amines) is 1. The number of aliphatic hydroxyl groups is 1. The van der Waals surface area contributed by atoms with Crippen molar-refractivity contribution < 1.29 is 19.8 Å². The van der Waals surface area contributed by atoms with Gasteiger partial charge in [-0.3, -0.25) is 0 Å². The third-order valence-corrected chi connectivity index (χ3v) is 3.13. The summed E-state index contributed by atoms with van der Waals surface area (Å²) in [7, 11) is 0. The fourth-order valence-corrected chi connectivity index (χ4v) is 2.10. The molecule has 104 valence electrons. The lowest BCUT2D eigenvalue weighted by Crippen LogP contribution is -2.47. The van der Waals surface area contributed by atoms with Crippen molar-refractivity contribution in [2.24, 2.45) is 11.8 Å². The van der Waals surface area contributed by atoms with Crippen LogP contribution < -0.4 is 5.32 Å². The van der Waals surface area contributed by atoms with Crippen LogP contribution in [0.15, 0.2) is 0 Å². The smallest absolute Gasteiger partial charge is 0.326 e. The fraction of sp³-hybridized carbons (Fsp3) is 0.833. The Morgan fingerprint density at radius 2 is 2.11 bits per heavy atom. The van der Waals surface area contributed by atoms with Gasteiger partial charge in [0.1, 0.15) is 6.04 Å². The lowest BCUT2D eigenvalue weighted by Gasteiger charge is -2.22. The highest BCUT2D eigenvalue weighted by molar-refractivity contribution is 5.82. The zero-order valence-electron chi connectivity index (χ0n) is 10.9. The maximum Gasteiger partial charge on any atom is 0.326 e. The van der Waals surface area contributed by atoms with Gasteiger partial charge in [0.05, 0.1) is 0 Å². The molecule has 0 saturated carbocycles. The van der Waals surface area contributed by atoms with Gasteiger partial charge < -0.3 is 20.4 Å². The molecule has 1 aliphatic heterocycles. The van der Waals surface area contributed by atoms with Gasteiger partial charge in [-0.2, -0.15) is 0 Å². The largest absolute Gasteiger partial charge is 0.480 e. The van der Waals surface area contributed by atoms with Gasteiger partial charge in [0, 0.05) is 25.6 Å². The van der Waals surface area contributed by atoms with Gasteiger partial charge in [-0.05, 0) is 18.8 Å². The van der Waals surface area contributed by atoms with Crippen molar-refractivity contribution in [3.8, 4) is 0 Å². The third kappa shape index (κ3) is 4.18. The van der Waals surface area contributed by atoms with Gasteiger partial charge in [-0.1, -0.05) is 13.8 Å². The summed E-state index contributed by atoms with van der Waals surface area (Å²) < 4.78 is 0. The molecule has 0 bridgehead atoms. The summed E-state index contributed by atoms with van der Waals surface area (Å²) in [5.41, 5.74) is 0. The fourth-order valence-electron chi connectivity index (χ4n) is 2.10. The summed E-state index contributed by atoms with van der Waals surface area (Å²) in [6.07, 6.45) is 1.18. The highest BCUT2D eigenvalue weighted by Crippen LogP contribution is 2.15. The van der Waals surface area contributed by atoms with E-state index < -0.39 is 12.0 Å². The molecule has 0 aliphatic carbocycles. The SMILES string of the molecule is CC(C)C[C@@H](NC(=O)N1CCC(CO)C1)C(=O)O. The van der Waals surface area contributed by atoms with E-state index in [2.05, 4.69) is 5.32 Å². The molecule has 0 radical (unpaired) electrons. The molecule has 1 heterocycles. The first-order valence-corrected chi connectivity index (χ1v) is 6.33. The average molecular weight is 258 g/mol. The van der Waals surface area contributed by atoms with Crippen LogP contribution in [0.4, 0.5) is 4.79 Å². The summed E-state index contributed by atoms with van der Waals surface area (Å²) in [4.78, 5) is 24.5. The number of aliphatic carboxylic acids is 1. The van der Waals surface area contributed by atoms with E-state index in [4.69, 9.17) is 10.2 Å². The Kier molecular flexibility index (Phi) is 5.40. The Labute approximate surface area is 107 Å².